The van der Waals surface area contributed by atoms with Crippen LogP contribution in [0.1, 0.15) is 26.7 Å². The van der Waals surface area contributed by atoms with Gasteiger partial charge in [0.15, 0.2) is 0 Å². The monoisotopic (exact) mass is 225 g/mol. The van der Waals surface area contributed by atoms with Crippen LogP contribution in [0.15, 0.2) is 24.0 Å². The molecule has 0 bridgehead atoms. The molecular weight excluding hydrogens is 206 g/mol. The highest BCUT2D eigenvalue weighted by Gasteiger charge is 2.34. The van der Waals surface area contributed by atoms with Crippen molar-refractivity contribution in [2.45, 2.75) is 32.2 Å². The van der Waals surface area contributed by atoms with Gasteiger partial charge in [0.25, 0.3) is 0 Å². The molecule has 0 saturated carbocycles. The molecule has 0 spiro atoms. The second-order valence-electron chi connectivity index (χ2n) is 4.17. The smallest absolute Gasteiger partial charge is 0.305 e. The zero-order valence-corrected chi connectivity index (χ0v) is 9.77. The molecule has 0 aromatic carbocycles. The van der Waals surface area contributed by atoms with Crippen LogP contribution in [0.2, 0.25) is 0 Å². The van der Waals surface area contributed by atoms with Crippen molar-refractivity contribution in [1.82, 2.24) is 0 Å². The maximum Gasteiger partial charge on any atom is 0.305 e. The molecule has 3 N–H and O–H groups in total. The van der Waals surface area contributed by atoms with Crippen molar-refractivity contribution in [2.24, 2.45) is 11.7 Å². The lowest BCUT2D eigenvalue weighted by Crippen LogP contribution is -2.46. The van der Waals surface area contributed by atoms with Crippen molar-refractivity contribution in [3.05, 3.63) is 24.0 Å². The molecule has 0 aromatic rings. The van der Waals surface area contributed by atoms with Crippen molar-refractivity contribution in [2.75, 3.05) is 6.61 Å². The summed E-state index contributed by atoms with van der Waals surface area (Å²) in [6.07, 6.45) is 6.17. The SMILES string of the molecule is CCOC(=O)CCC1C=CC=C(O)C1(C)N. The second kappa shape index (κ2) is 5.16. The lowest BCUT2D eigenvalue weighted by Gasteiger charge is -2.33. The van der Waals surface area contributed by atoms with Crippen molar-refractivity contribution in [3.63, 3.8) is 0 Å². The van der Waals surface area contributed by atoms with Crippen LogP contribution in [0.25, 0.3) is 0 Å². The first-order valence-electron chi connectivity index (χ1n) is 5.51. The summed E-state index contributed by atoms with van der Waals surface area (Å²) in [6.45, 7) is 3.93. The largest absolute Gasteiger partial charge is 0.510 e. The molecule has 1 aliphatic rings. The highest BCUT2D eigenvalue weighted by Crippen LogP contribution is 2.30. The number of aliphatic hydroxyl groups excluding tert-OH is 1. The lowest BCUT2D eigenvalue weighted by molar-refractivity contribution is -0.143. The molecule has 4 nitrogen and oxygen atoms in total. The molecule has 2 atom stereocenters. The van der Waals surface area contributed by atoms with E-state index in [0.717, 1.165) is 0 Å². The Morgan fingerprint density at radius 2 is 2.38 bits per heavy atom. The molecule has 1 rings (SSSR count). The molecule has 1 aliphatic carbocycles. The molecule has 0 aromatic heterocycles. The van der Waals surface area contributed by atoms with E-state index in [0.29, 0.717) is 19.4 Å². The van der Waals surface area contributed by atoms with Gasteiger partial charge in [-0.2, -0.15) is 0 Å². The number of carbonyl (C=O) groups excluding carboxylic acids is 1. The zero-order valence-electron chi connectivity index (χ0n) is 9.77. The second-order valence-corrected chi connectivity index (χ2v) is 4.17. The average molecular weight is 225 g/mol. The van der Waals surface area contributed by atoms with Gasteiger partial charge in [-0.15, -0.1) is 0 Å². The van der Waals surface area contributed by atoms with Crippen molar-refractivity contribution in [1.29, 1.82) is 0 Å². The van der Waals surface area contributed by atoms with Crippen LogP contribution in [-0.2, 0) is 9.53 Å². The Morgan fingerprint density at radius 1 is 1.69 bits per heavy atom. The van der Waals surface area contributed by atoms with Gasteiger partial charge < -0.3 is 15.6 Å². The van der Waals surface area contributed by atoms with Gasteiger partial charge in [0.1, 0.15) is 5.76 Å². The summed E-state index contributed by atoms with van der Waals surface area (Å²) >= 11 is 0. The van der Waals surface area contributed by atoms with Gasteiger partial charge in [-0.3, -0.25) is 4.79 Å². The minimum Gasteiger partial charge on any atom is -0.510 e. The third-order valence-electron chi connectivity index (χ3n) is 2.88. The Bertz CT molecular complexity index is 318. The van der Waals surface area contributed by atoms with Crippen LogP contribution in [0.3, 0.4) is 0 Å². The number of esters is 1. The average Bonchev–Trinajstić information content (AvgIpc) is 2.21. The van der Waals surface area contributed by atoms with E-state index in [9.17, 15) is 9.90 Å². The predicted molar refractivity (Wildman–Crippen MR) is 61.8 cm³/mol. The van der Waals surface area contributed by atoms with E-state index >= 15 is 0 Å². The summed E-state index contributed by atoms with van der Waals surface area (Å²) in [4.78, 5) is 11.2. The molecule has 0 fully saturated rings. The Morgan fingerprint density at radius 3 is 3.00 bits per heavy atom. The Hall–Kier alpha value is -1.29. The molecule has 2 unspecified atom stereocenters. The summed E-state index contributed by atoms with van der Waals surface area (Å²) in [6, 6.07) is 0. The molecule has 0 heterocycles. The fourth-order valence-electron chi connectivity index (χ4n) is 1.75. The first-order chi connectivity index (χ1) is 7.48. The van der Waals surface area contributed by atoms with Crippen LogP contribution in [0.4, 0.5) is 0 Å². The highest BCUT2D eigenvalue weighted by atomic mass is 16.5. The molecule has 0 saturated heterocycles. The van der Waals surface area contributed by atoms with E-state index < -0.39 is 5.54 Å². The predicted octanol–water partition coefficient (Wildman–Crippen LogP) is 1.68. The fraction of sp³-hybridized carbons (Fsp3) is 0.583. The van der Waals surface area contributed by atoms with E-state index in [1.165, 1.54) is 0 Å². The molecule has 4 heteroatoms. The number of ether oxygens (including phenoxy) is 1. The summed E-state index contributed by atoms with van der Waals surface area (Å²) in [5.41, 5.74) is 5.21. The third kappa shape index (κ3) is 2.85. The first-order valence-corrected chi connectivity index (χ1v) is 5.51. The topological polar surface area (TPSA) is 72.5 Å². The summed E-state index contributed by atoms with van der Waals surface area (Å²) in [7, 11) is 0. The van der Waals surface area contributed by atoms with E-state index in [-0.39, 0.29) is 17.6 Å². The molecular formula is C12H19NO3. The number of allylic oxidation sites excluding steroid dienone is 2. The van der Waals surface area contributed by atoms with Gasteiger partial charge in [-0.25, -0.2) is 0 Å². The summed E-state index contributed by atoms with van der Waals surface area (Å²) in [5, 5.41) is 9.64. The number of rotatable bonds is 4. The number of hydrogen-bond donors (Lipinski definition) is 2. The summed E-state index contributed by atoms with van der Waals surface area (Å²) in [5.74, 6) is -0.105. The normalized spacial score (nSPS) is 28.7. The third-order valence-corrected chi connectivity index (χ3v) is 2.88. The van der Waals surface area contributed by atoms with E-state index in [2.05, 4.69) is 0 Å². The van der Waals surface area contributed by atoms with Gasteiger partial charge >= 0.3 is 5.97 Å². The van der Waals surface area contributed by atoms with Gasteiger partial charge in [-0.05, 0) is 26.3 Å². The molecule has 0 amide bonds. The molecule has 0 radical (unpaired) electrons. The molecule has 0 aliphatic heterocycles. The molecule has 16 heavy (non-hydrogen) atoms. The minimum absolute atomic E-state index is 0.0399. The zero-order chi connectivity index (χ0) is 12.2. The summed E-state index contributed by atoms with van der Waals surface area (Å²) < 4.78 is 4.85. The van der Waals surface area contributed by atoms with Crippen LogP contribution in [-0.4, -0.2) is 23.2 Å². The molecule has 90 valence electrons. The van der Waals surface area contributed by atoms with Gasteiger partial charge in [0.2, 0.25) is 0 Å². The van der Waals surface area contributed by atoms with Gasteiger partial charge in [0.05, 0.1) is 12.1 Å². The number of carbonyl (C=O) groups is 1. The van der Waals surface area contributed by atoms with Gasteiger partial charge in [0, 0.05) is 12.3 Å². The Kier molecular flexibility index (Phi) is 4.12. The van der Waals surface area contributed by atoms with E-state index in [4.69, 9.17) is 10.5 Å². The van der Waals surface area contributed by atoms with Crippen LogP contribution >= 0.6 is 0 Å². The number of aliphatic hydroxyl groups is 1. The Labute approximate surface area is 95.8 Å². The van der Waals surface area contributed by atoms with Crippen molar-refractivity contribution < 1.29 is 14.6 Å². The maximum atomic E-state index is 11.2. The Balaban J connectivity index is 2.52. The lowest BCUT2D eigenvalue weighted by atomic mass is 9.79. The minimum atomic E-state index is -0.790. The van der Waals surface area contributed by atoms with Crippen molar-refractivity contribution >= 4 is 5.97 Å². The highest BCUT2D eigenvalue weighted by molar-refractivity contribution is 5.69. The van der Waals surface area contributed by atoms with Gasteiger partial charge in [-0.1, -0.05) is 12.2 Å². The van der Waals surface area contributed by atoms with Crippen molar-refractivity contribution in [3.8, 4) is 0 Å². The van der Waals surface area contributed by atoms with Crippen LogP contribution in [0.5, 0.6) is 0 Å². The first kappa shape index (κ1) is 12.8. The fourth-order valence-corrected chi connectivity index (χ4v) is 1.75. The van der Waals surface area contributed by atoms with Crippen LogP contribution in [0, 0.1) is 5.92 Å². The number of nitrogens with two attached hydrogens (primary N) is 1. The quantitative estimate of drug-likeness (QED) is 0.714. The van der Waals surface area contributed by atoms with Crippen LogP contribution < -0.4 is 5.73 Å². The standard InChI is InChI=1S/C12H19NO3/c1-3-16-11(15)8-7-9-5-4-6-10(14)12(9,2)13/h4-6,9,14H,3,7-8,13H2,1-2H3. The van der Waals surface area contributed by atoms with E-state index in [1.807, 2.05) is 6.08 Å². The number of hydrogen-bond acceptors (Lipinski definition) is 4. The maximum absolute atomic E-state index is 11.2. The van der Waals surface area contributed by atoms with E-state index in [1.54, 1.807) is 26.0 Å².